The molecule has 23 heavy (non-hydrogen) atoms. The highest BCUT2D eigenvalue weighted by Gasteiger charge is 2.26. The summed E-state index contributed by atoms with van der Waals surface area (Å²) in [5.41, 5.74) is 0. The van der Waals surface area contributed by atoms with Crippen LogP contribution in [0.3, 0.4) is 0 Å². The van der Waals surface area contributed by atoms with E-state index < -0.39 is 15.9 Å². The Labute approximate surface area is 138 Å². The maximum Gasteiger partial charge on any atom is 0.199 e. The highest BCUT2D eigenvalue weighted by atomic mass is 32.2. The van der Waals surface area contributed by atoms with E-state index in [0.29, 0.717) is 0 Å². The maximum atomic E-state index is 12.2. The summed E-state index contributed by atoms with van der Waals surface area (Å²) >= 11 is 0. The van der Waals surface area contributed by atoms with Gasteiger partial charge in [-0.15, -0.1) is 0 Å². The van der Waals surface area contributed by atoms with Crippen molar-refractivity contribution in [2.24, 2.45) is 11.8 Å². The van der Waals surface area contributed by atoms with Crippen molar-refractivity contribution in [3.8, 4) is 0 Å². The Hall–Kier alpha value is -1.21. The lowest BCUT2D eigenvalue weighted by Crippen LogP contribution is -2.35. The minimum Gasteiger partial charge on any atom is -0.389 e. The summed E-state index contributed by atoms with van der Waals surface area (Å²) < 4.78 is 34.9. The lowest BCUT2D eigenvalue weighted by molar-refractivity contribution is -0.117. The fourth-order valence-electron chi connectivity index (χ4n) is 2.34. The molecule has 1 N–H and O–H groups in total. The number of sulfone groups is 1. The van der Waals surface area contributed by atoms with Crippen LogP contribution in [-0.4, -0.2) is 39.6 Å². The van der Waals surface area contributed by atoms with Gasteiger partial charge in [0, 0.05) is 18.4 Å². The van der Waals surface area contributed by atoms with Gasteiger partial charge >= 0.3 is 0 Å². The van der Waals surface area contributed by atoms with Crippen molar-refractivity contribution in [2.75, 3.05) is 13.9 Å². The van der Waals surface area contributed by atoms with E-state index in [4.69, 9.17) is 9.47 Å². The fourth-order valence-corrected chi connectivity index (χ4v) is 3.40. The Bertz CT molecular complexity index is 580. The van der Waals surface area contributed by atoms with Crippen molar-refractivity contribution in [2.45, 2.75) is 37.9 Å². The predicted molar refractivity (Wildman–Crippen MR) is 89.5 cm³/mol. The second kappa shape index (κ2) is 9.17. The molecule has 3 atom stereocenters. The zero-order valence-corrected chi connectivity index (χ0v) is 14.9. The SMILES string of the molecule is COCO[C@@H](C(C)C)[C@@H](C)C(O)/C=C/S(=O)(=O)c1ccccc1. The lowest BCUT2D eigenvalue weighted by Gasteiger charge is -2.29. The normalized spacial score (nSPS) is 16.6. The minimum atomic E-state index is -3.56. The summed E-state index contributed by atoms with van der Waals surface area (Å²) in [5, 5.41) is 11.3. The Morgan fingerprint density at radius 1 is 1.17 bits per heavy atom. The van der Waals surface area contributed by atoms with Gasteiger partial charge in [-0.3, -0.25) is 0 Å². The van der Waals surface area contributed by atoms with Crippen LogP contribution < -0.4 is 0 Å². The number of rotatable bonds is 9. The molecule has 0 saturated carbocycles. The summed E-state index contributed by atoms with van der Waals surface area (Å²) in [6.45, 7) is 5.92. The summed E-state index contributed by atoms with van der Waals surface area (Å²) in [6.07, 6.45) is 0.130. The van der Waals surface area contributed by atoms with E-state index in [1.165, 1.54) is 25.3 Å². The van der Waals surface area contributed by atoms with Crippen LogP contribution in [0.15, 0.2) is 46.7 Å². The quantitative estimate of drug-likeness (QED) is 0.698. The lowest BCUT2D eigenvalue weighted by atomic mass is 9.90. The van der Waals surface area contributed by atoms with Gasteiger partial charge in [0.2, 0.25) is 0 Å². The van der Waals surface area contributed by atoms with Crippen molar-refractivity contribution in [3.63, 3.8) is 0 Å². The van der Waals surface area contributed by atoms with Crippen LogP contribution in [0.1, 0.15) is 20.8 Å². The maximum absolute atomic E-state index is 12.2. The van der Waals surface area contributed by atoms with Crippen LogP contribution in [0.2, 0.25) is 0 Å². The molecule has 0 radical (unpaired) electrons. The van der Waals surface area contributed by atoms with Crippen LogP contribution >= 0.6 is 0 Å². The van der Waals surface area contributed by atoms with E-state index in [1.54, 1.807) is 18.2 Å². The van der Waals surface area contributed by atoms with Crippen LogP contribution in [0, 0.1) is 11.8 Å². The summed E-state index contributed by atoms with van der Waals surface area (Å²) in [7, 11) is -2.03. The minimum absolute atomic E-state index is 0.131. The second-order valence-corrected chi connectivity index (χ2v) is 7.65. The molecular formula is C17H26O5S. The first kappa shape index (κ1) is 19.8. The first-order chi connectivity index (χ1) is 10.8. The molecular weight excluding hydrogens is 316 g/mol. The average molecular weight is 342 g/mol. The molecule has 5 nitrogen and oxygen atoms in total. The molecule has 0 bridgehead atoms. The number of hydrogen-bond acceptors (Lipinski definition) is 5. The number of ether oxygens (including phenoxy) is 2. The van der Waals surface area contributed by atoms with Gasteiger partial charge in [-0.2, -0.15) is 0 Å². The molecule has 0 aliphatic heterocycles. The number of benzene rings is 1. The first-order valence-corrected chi connectivity index (χ1v) is 9.11. The smallest absolute Gasteiger partial charge is 0.199 e. The largest absolute Gasteiger partial charge is 0.389 e. The third-order valence-corrected chi connectivity index (χ3v) is 5.06. The molecule has 1 aromatic carbocycles. The molecule has 130 valence electrons. The molecule has 1 unspecified atom stereocenters. The predicted octanol–water partition coefficient (Wildman–Crippen LogP) is 2.62. The van der Waals surface area contributed by atoms with E-state index in [1.807, 2.05) is 20.8 Å². The molecule has 0 aromatic heterocycles. The third kappa shape index (κ3) is 6.06. The molecule has 0 saturated heterocycles. The first-order valence-electron chi connectivity index (χ1n) is 7.56. The van der Waals surface area contributed by atoms with E-state index in [2.05, 4.69) is 0 Å². The molecule has 6 heteroatoms. The topological polar surface area (TPSA) is 72.8 Å². The third-order valence-electron chi connectivity index (χ3n) is 3.62. The van der Waals surface area contributed by atoms with E-state index >= 15 is 0 Å². The van der Waals surface area contributed by atoms with Crippen molar-refractivity contribution >= 4 is 9.84 Å². The zero-order chi connectivity index (χ0) is 17.5. The van der Waals surface area contributed by atoms with Gasteiger partial charge in [0.1, 0.15) is 6.79 Å². The van der Waals surface area contributed by atoms with E-state index in [-0.39, 0.29) is 29.6 Å². The van der Waals surface area contributed by atoms with Crippen LogP contribution in [-0.2, 0) is 19.3 Å². The standard InChI is InChI=1S/C17H26O5S/c1-13(2)17(22-12-21-4)14(3)16(18)10-11-23(19,20)15-8-6-5-7-9-15/h5-11,13-14,16-18H,12H2,1-4H3/b11-10+/t14-,16?,17-/m0/s1. The molecule has 0 spiro atoms. The molecule has 0 amide bonds. The summed E-state index contributed by atoms with van der Waals surface area (Å²) in [6, 6.07) is 8.11. The zero-order valence-electron chi connectivity index (χ0n) is 14.0. The number of aliphatic hydroxyl groups excluding tert-OH is 1. The number of aliphatic hydroxyl groups is 1. The van der Waals surface area contributed by atoms with Crippen LogP contribution in [0.5, 0.6) is 0 Å². The van der Waals surface area contributed by atoms with Crippen molar-refractivity contribution in [3.05, 3.63) is 41.8 Å². The molecule has 1 rings (SSSR count). The molecule has 0 heterocycles. The van der Waals surface area contributed by atoms with Crippen LogP contribution in [0.25, 0.3) is 0 Å². The molecule has 0 aliphatic carbocycles. The molecule has 1 aromatic rings. The number of methoxy groups -OCH3 is 1. The van der Waals surface area contributed by atoms with Crippen molar-refractivity contribution in [1.29, 1.82) is 0 Å². The Kier molecular flexibility index (Phi) is 7.91. The Balaban J connectivity index is 2.82. The van der Waals surface area contributed by atoms with Gasteiger partial charge < -0.3 is 14.6 Å². The fraction of sp³-hybridized carbons (Fsp3) is 0.529. The molecule has 0 aliphatic rings. The van der Waals surface area contributed by atoms with Gasteiger partial charge in [-0.25, -0.2) is 8.42 Å². The van der Waals surface area contributed by atoms with Gasteiger partial charge in [-0.05, 0) is 24.1 Å². The van der Waals surface area contributed by atoms with Gasteiger partial charge in [-0.1, -0.05) is 39.0 Å². The van der Waals surface area contributed by atoms with E-state index in [0.717, 1.165) is 5.41 Å². The molecule has 0 fully saturated rings. The summed E-state index contributed by atoms with van der Waals surface area (Å²) in [5.74, 6) is -0.110. The van der Waals surface area contributed by atoms with Gasteiger partial charge in [0.05, 0.1) is 17.1 Å². The average Bonchev–Trinajstić information content (AvgIpc) is 2.53. The van der Waals surface area contributed by atoms with E-state index in [9.17, 15) is 13.5 Å². The second-order valence-electron chi connectivity index (χ2n) is 5.82. The van der Waals surface area contributed by atoms with Crippen LogP contribution in [0.4, 0.5) is 0 Å². The number of hydrogen-bond donors (Lipinski definition) is 1. The van der Waals surface area contributed by atoms with Crippen molar-refractivity contribution < 1.29 is 23.0 Å². The highest BCUT2D eigenvalue weighted by Crippen LogP contribution is 2.21. The summed E-state index contributed by atoms with van der Waals surface area (Å²) in [4.78, 5) is 0.201. The Morgan fingerprint density at radius 2 is 1.78 bits per heavy atom. The van der Waals surface area contributed by atoms with Gasteiger partial charge in [0.15, 0.2) is 9.84 Å². The Morgan fingerprint density at radius 3 is 2.30 bits per heavy atom. The monoisotopic (exact) mass is 342 g/mol. The van der Waals surface area contributed by atoms with Crippen molar-refractivity contribution in [1.82, 2.24) is 0 Å². The highest BCUT2D eigenvalue weighted by molar-refractivity contribution is 7.94. The van der Waals surface area contributed by atoms with Gasteiger partial charge in [0.25, 0.3) is 0 Å².